The van der Waals surface area contributed by atoms with Gasteiger partial charge in [0.1, 0.15) is 0 Å². The lowest BCUT2D eigenvalue weighted by atomic mass is 10.1. The van der Waals surface area contributed by atoms with E-state index < -0.39 is 0 Å². The Kier molecular flexibility index (Phi) is 5.93. The van der Waals surface area contributed by atoms with Crippen LogP contribution in [0.25, 0.3) is 0 Å². The molecule has 0 saturated carbocycles. The molecule has 0 aliphatic carbocycles. The molecule has 0 unspecified atom stereocenters. The zero-order valence-electron chi connectivity index (χ0n) is 11.1. The highest BCUT2D eigenvalue weighted by Gasteiger charge is 2.08. The third-order valence-electron chi connectivity index (χ3n) is 2.86. The van der Waals surface area contributed by atoms with Gasteiger partial charge in [0.25, 0.3) is 0 Å². The van der Waals surface area contributed by atoms with Crippen molar-refractivity contribution >= 4 is 5.91 Å². The monoisotopic (exact) mass is 244 g/mol. The summed E-state index contributed by atoms with van der Waals surface area (Å²) in [5, 5.41) is 8.45. The van der Waals surface area contributed by atoms with Crippen LogP contribution in [-0.4, -0.2) is 17.9 Å². The van der Waals surface area contributed by atoms with Crippen LogP contribution >= 0.6 is 0 Å². The Hall–Kier alpha value is -1.82. The molecule has 0 heterocycles. The van der Waals surface area contributed by atoms with Crippen LogP contribution in [0.5, 0.6) is 0 Å². The number of amides is 1. The molecular weight excluding hydrogens is 224 g/mol. The van der Waals surface area contributed by atoms with E-state index in [2.05, 4.69) is 31.2 Å². The van der Waals surface area contributed by atoms with Crippen LogP contribution in [0, 0.1) is 11.3 Å². The van der Waals surface area contributed by atoms with Gasteiger partial charge >= 0.3 is 0 Å². The fourth-order valence-electron chi connectivity index (χ4n) is 1.82. The summed E-state index contributed by atoms with van der Waals surface area (Å²) in [6.07, 6.45) is 2.84. The molecule has 1 amide bonds. The summed E-state index contributed by atoms with van der Waals surface area (Å²) in [6.45, 7) is 2.77. The van der Waals surface area contributed by atoms with Gasteiger partial charge in [-0.3, -0.25) is 4.79 Å². The van der Waals surface area contributed by atoms with E-state index in [9.17, 15) is 4.79 Å². The van der Waals surface area contributed by atoms with Gasteiger partial charge in [-0.05, 0) is 17.5 Å². The van der Waals surface area contributed by atoms with Gasteiger partial charge < -0.3 is 4.90 Å². The number of hydrogen-bond donors (Lipinski definition) is 0. The largest absolute Gasteiger partial charge is 0.341 e. The smallest absolute Gasteiger partial charge is 0.223 e. The second-order valence-electron chi connectivity index (χ2n) is 4.47. The minimum Gasteiger partial charge on any atom is -0.341 e. The van der Waals surface area contributed by atoms with Crippen LogP contribution in [-0.2, 0) is 17.8 Å². The Balaban J connectivity index is 2.51. The Morgan fingerprint density at radius 1 is 1.28 bits per heavy atom. The summed E-state index contributed by atoms with van der Waals surface area (Å²) in [4.78, 5) is 13.3. The summed E-state index contributed by atoms with van der Waals surface area (Å²) in [6, 6.07) is 10.4. The van der Waals surface area contributed by atoms with Gasteiger partial charge in [0.15, 0.2) is 0 Å². The van der Waals surface area contributed by atoms with E-state index in [4.69, 9.17) is 5.26 Å². The van der Waals surface area contributed by atoms with Gasteiger partial charge in [-0.2, -0.15) is 5.26 Å². The second kappa shape index (κ2) is 7.50. The molecule has 0 spiro atoms. The molecule has 0 aromatic heterocycles. The number of rotatable bonds is 6. The fourth-order valence-corrected chi connectivity index (χ4v) is 1.82. The molecule has 0 N–H and O–H groups in total. The van der Waals surface area contributed by atoms with Crippen LogP contribution in [0.1, 0.15) is 37.3 Å². The molecule has 0 atom stereocenters. The lowest BCUT2D eigenvalue weighted by molar-refractivity contribution is -0.130. The van der Waals surface area contributed by atoms with Gasteiger partial charge in [0.2, 0.25) is 5.91 Å². The number of nitrogens with zero attached hydrogens (tertiary/aromatic N) is 2. The maximum absolute atomic E-state index is 11.7. The maximum atomic E-state index is 11.7. The van der Waals surface area contributed by atoms with Crippen molar-refractivity contribution in [2.45, 2.75) is 39.2 Å². The number of aryl methyl sites for hydroxylation is 1. The zero-order valence-corrected chi connectivity index (χ0v) is 11.1. The lowest BCUT2D eigenvalue weighted by Gasteiger charge is -2.16. The van der Waals surface area contributed by atoms with E-state index in [0.29, 0.717) is 19.4 Å². The molecule has 18 heavy (non-hydrogen) atoms. The molecule has 0 fully saturated rings. The second-order valence-corrected chi connectivity index (χ2v) is 4.47. The predicted molar refractivity (Wildman–Crippen MR) is 71.8 cm³/mol. The van der Waals surface area contributed by atoms with E-state index in [1.54, 1.807) is 11.9 Å². The van der Waals surface area contributed by atoms with E-state index in [-0.39, 0.29) is 5.91 Å². The first-order chi connectivity index (χ1) is 8.67. The van der Waals surface area contributed by atoms with E-state index in [1.165, 1.54) is 5.56 Å². The minimum atomic E-state index is 0.0224. The molecule has 1 aromatic rings. The maximum Gasteiger partial charge on any atom is 0.223 e. The normalized spacial score (nSPS) is 9.83. The van der Waals surface area contributed by atoms with Gasteiger partial charge in [0, 0.05) is 26.4 Å². The molecule has 0 radical (unpaired) electrons. The Morgan fingerprint density at radius 2 is 1.89 bits per heavy atom. The van der Waals surface area contributed by atoms with Crippen molar-refractivity contribution in [3.63, 3.8) is 0 Å². The Labute approximate surface area is 109 Å². The number of benzene rings is 1. The molecule has 0 bridgehead atoms. The molecule has 1 rings (SSSR count). The summed E-state index contributed by atoms with van der Waals surface area (Å²) in [5.74, 6) is 0.0224. The molecule has 3 heteroatoms. The minimum absolute atomic E-state index is 0.0224. The molecule has 3 nitrogen and oxygen atoms in total. The highest BCUT2D eigenvalue weighted by Crippen LogP contribution is 2.09. The Bertz CT molecular complexity index is 417. The highest BCUT2D eigenvalue weighted by molar-refractivity contribution is 5.76. The van der Waals surface area contributed by atoms with Crippen molar-refractivity contribution < 1.29 is 4.79 Å². The first-order valence-corrected chi connectivity index (χ1v) is 6.36. The molecule has 96 valence electrons. The van der Waals surface area contributed by atoms with Gasteiger partial charge in [-0.15, -0.1) is 0 Å². The predicted octanol–water partition coefficient (Wildman–Crippen LogP) is 2.90. The van der Waals surface area contributed by atoms with E-state index in [1.807, 2.05) is 6.07 Å². The van der Waals surface area contributed by atoms with Crippen molar-refractivity contribution in [1.82, 2.24) is 4.90 Å². The first-order valence-electron chi connectivity index (χ1n) is 6.36. The van der Waals surface area contributed by atoms with Crippen LogP contribution in [0.3, 0.4) is 0 Å². The zero-order chi connectivity index (χ0) is 13.4. The summed E-state index contributed by atoms with van der Waals surface area (Å²) >= 11 is 0. The van der Waals surface area contributed by atoms with Crippen molar-refractivity contribution in [2.75, 3.05) is 7.05 Å². The van der Waals surface area contributed by atoms with Crippen molar-refractivity contribution in [3.05, 3.63) is 35.4 Å². The molecule has 1 aromatic carbocycles. The molecule has 0 saturated heterocycles. The SMILES string of the molecule is CCCc1ccc(CN(C)C(=O)CCC#N)cc1. The molecule has 0 aliphatic rings. The third kappa shape index (κ3) is 4.58. The summed E-state index contributed by atoms with van der Waals surface area (Å²) < 4.78 is 0. The molecule has 0 aliphatic heterocycles. The van der Waals surface area contributed by atoms with Gasteiger partial charge in [-0.1, -0.05) is 37.6 Å². The standard InChI is InChI=1S/C15H20N2O/c1-3-5-13-7-9-14(10-8-13)12-17(2)15(18)6-4-11-16/h7-10H,3-6,12H2,1-2H3. The number of carbonyl (C=O) groups is 1. The van der Waals surface area contributed by atoms with Gasteiger partial charge in [0.05, 0.1) is 6.07 Å². The van der Waals surface area contributed by atoms with E-state index in [0.717, 1.165) is 18.4 Å². The first kappa shape index (κ1) is 14.2. The fraction of sp³-hybridized carbons (Fsp3) is 0.467. The van der Waals surface area contributed by atoms with Crippen molar-refractivity contribution in [2.24, 2.45) is 0 Å². The number of hydrogen-bond acceptors (Lipinski definition) is 2. The quantitative estimate of drug-likeness (QED) is 0.772. The van der Waals surface area contributed by atoms with Crippen molar-refractivity contribution in [3.8, 4) is 6.07 Å². The topological polar surface area (TPSA) is 44.1 Å². The van der Waals surface area contributed by atoms with E-state index >= 15 is 0 Å². The lowest BCUT2D eigenvalue weighted by Crippen LogP contribution is -2.25. The highest BCUT2D eigenvalue weighted by atomic mass is 16.2. The van der Waals surface area contributed by atoms with Crippen LogP contribution in [0.15, 0.2) is 24.3 Å². The average molecular weight is 244 g/mol. The van der Waals surface area contributed by atoms with Crippen LogP contribution < -0.4 is 0 Å². The summed E-state index contributed by atoms with van der Waals surface area (Å²) in [5.41, 5.74) is 2.46. The number of nitriles is 1. The van der Waals surface area contributed by atoms with Crippen LogP contribution in [0.4, 0.5) is 0 Å². The van der Waals surface area contributed by atoms with Gasteiger partial charge in [-0.25, -0.2) is 0 Å². The Morgan fingerprint density at radius 3 is 2.44 bits per heavy atom. The van der Waals surface area contributed by atoms with Crippen molar-refractivity contribution in [1.29, 1.82) is 5.26 Å². The average Bonchev–Trinajstić information content (AvgIpc) is 2.38. The third-order valence-corrected chi connectivity index (χ3v) is 2.86. The number of carbonyl (C=O) groups excluding carboxylic acids is 1. The van der Waals surface area contributed by atoms with Crippen LogP contribution in [0.2, 0.25) is 0 Å². The molecular formula is C15H20N2O. The summed E-state index contributed by atoms with van der Waals surface area (Å²) in [7, 11) is 1.78.